The predicted octanol–water partition coefficient (Wildman–Crippen LogP) is 1.44. The highest BCUT2D eigenvalue weighted by molar-refractivity contribution is 7.80. The van der Waals surface area contributed by atoms with Gasteiger partial charge < -0.3 is 20.1 Å². The monoisotopic (exact) mass is 310 g/mol. The van der Waals surface area contributed by atoms with Crippen molar-refractivity contribution in [3.63, 3.8) is 0 Å². The normalized spacial score (nSPS) is 12.0. The number of nitrogens with zero attached hydrogens (tertiary/aromatic N) is 1. The van der Waals surface area contributed by atoms with Gasteiger partial charge in [-0.05, 0) is 19.1 Å². The summed E-state index contributed by atoms with van der Waals surface area (Å²) in [6.45, 7) is 3.41. The molecule has 0 saturated carbocycles. The second-order valence-electron chi connectivity index (χ2n) is 4.74. The number of benzene rings is 1. The first-order chi connectivity index (χ1) is 10.0. The van der Waals surface area contributed by atoms with E-state index in [0.29, 0.717) is 30.3 Å². The van der Waals surface area contributed by atoms with Gasteiger partial charge in [0.1, 0.15) is 4.99 Å². The first kappa shape index (κ1) is 17.6. The smallest absolute Gasteiger partial charge is 0.254 e. The lowest BCUT2D eigenvalue weighted by Gasteiger charge is -2.28. The maximum atomic E-state index is 12.6. The van der Waals surface area contributed by atoms with Crippen LogP contribution in [0.5, 0.6) is 0 Å². The molecule has 0 spiro atoms. The second kappa shape index (κ2) is 8.71. The van der Waals surface area contributed by atoms with Crippen molar-refractivity contribution < 1.29 is 14.3 Å². The van der Waals surface area contributed by atoms with Crippen molar-refractivity contribution in [3.8, 4) is 0 Å². The van der Waals surface area contributed by atoms with E-state index < -0.39 is 0 Å². The number of hydrogen-bond donors (Lipinski definition) is 1. The number of ether oxygens (including phenoxy) is 2. The molecule has 0 radical (unpaired) electrons. The molecule has 0 heterocycles. The summed E-state index contributed by atoms with van der Waals surface area (Å²) in [6.07, 6.45) is 0. The minimum atomic E-state index is -0.0638. The number of carbonyl (C=O) groups excluding carboxylic acids is 1. The van der Waals surface area contributed by atoms with Gasteiger partial charge in [-0.3, -0.25) is 4.79 Å². The Morgan fingerprint density at radius 2 is 1.81 bits per heavy atom. The summed E-state index contributed by atoms with van der Waals surface area (Å²) in [5.74, 6) is -0.0638. The van der Waals surface area contributed by atoms with Gasteiger partial charge in [-0.15, -0.1) is 0 Å². The van der Waals surface area contributed by atoms with Gasteiger partial charge in [-0.25, -0.2) is 0 Å². The average molecular weight is 310 g/mol. The Morgan fingerprint density at radius 1 is 1.24 bits per heavy atom. The fraction of sp³-hybridized carbons (Fsp3) is 0.467. The Bertz CT molecular complexity index is 476. The lowest BCUT2D eigenvalue weighted by atomic mass is 10.1. The zero-order chi connectivity index (χ0) is 15.8. The number of amides is 1. The summed E-state index contributed by atoms with van der Waals surface area (Å²) in [4.78, 5) is 14.7. The zero-order valence-electron chi connectivity index (χ0n) is 12.7. The van der Waals surface area contributed by atoms with Crippen LogP contribution in [0.3, 0.4) is 0 Å². The number of rotatable bonds is 8. The van der Waals surface area contributed by atoms with E-state index in [9.17, 15) is 4.79 Å². The van der Waals surface area contributed by atoms with Crippen LogP contribution >= 0.6 is 12.2 Å². The lowest BCUT2D eigenvalue weighted by Crippen LogP contribution is -2.43. The van der Waals surface area contributed by atoms with Gasteiger partial charge in [0.15, 0.2) is 0 Å². The molecule has 1 amide bonds. The predicted molar refractivity (Wildman–Crippen MR) is 86.6 cm³/mol. The van der Waals surface area contributed by atoms with Crippen molar-refractivity contribution in [1.29, 1.82) is 0 Å². The van der Waals surface area contributed by atoms with E-state index in [4.69, 9.17) is 27.4 Å². The van der Waals surface area contributed by atoms with Gasteiger partial charge in [0.2, 0.25) is 0 Å². The van der Waals surface area contributed by atoms with Gasteiger partial charge in [-0.2, -0.15) is 0 Å². The largest absolute Gasteiger partial charge is 0.389 e. The summed E-state index contributed by atoms with van der Waals surface area (Å²) in [5.41, 5.74) is 6.89. The number of thiocarbonyl (C=S) groups is 1. The molecule has 0 aliphatic heterocycles. The quantitative estimate of drug-likeness (QED) is 0.736. The van der Waals surface area contributed by atoms with Gasteiger partial charge >= 0.3 is 0 Å². The van der Waals surface area contributed by atoms with Crippen LogP contribution in [-0.4, -0.2) is 55.8 Å². The topological polar surface area (TPSA) is 64.8 Å². The first-order valence-electron chi connectivity index (χ1n) is 6.70. The summed E-state index contributed by atoms with van der Waals surface area (Å²) >= 11 is 4.91. The molecule has 5 nitrogen and oxygen atoms in total. The van der Waals surface area contributed by atoms with E-state index in [1.807, 2.05) is 6.92 Å². The van der Waals surface area contributed by atoms with Crippen molar-refractivity contribution in [2.24, 2.45) is 5.73 Å². The fourth-order valence-electron chi connectivity index (χ4n) is 1.99. The molecule has 6 heteroatoms. The van der Waals surface area contributed by atoms with Gasteiger partial charge in [0.05, 0.1) is 19.3 Å². The molecule has 0 bridgehead atoms. The standard InChI is InChI=1S/C15H22N2O3S/c1-11(10-20-3)17(8-9-19-2)15(18)13-6-4-12(5-7-13)14(16)21/h4-7,11H,8-10H2,1-3H3,(H2,16,21). The highest BCUT2D eigenvalue weighted by Crippen LogP contribution is 2.11. The van der Waals surface area contributed by atoms with Gasteiger partial charge in [-0.1, -0.05) is 24.4 Å². The molecule has 1 aromatic carbocycles. The maximum Gasteiger partial charge on any atom is 0.254 e. The minimum absolute atomic E-state index is 0.0343. The summed E-state index contributed by atoms with van der Waals surface area (Å²) in [5, 5.41) is 0. The van der Waals surface area contributed by atoms with Crippen LogP contribution in [0.2, 0.25) is 0 Å². The number of nitrogens with two attached hydrogens (primary N) is 1. The van der Waals surface area contributed by atoms with Gasteiger partial charge in [0, 0.05) is 31.9 Å². The molecule has 1 aromatic rings. The summed E-state index contributed by atoms with van der Waals surface area (Å²) in [6, 6.07) is 6.94. The van der Waals surface area contributed by atoms with E-state index in [1.54, 1.807) is 43.4 Å². The van der Waals surface area contributed by atoms with Crippen molar-refractivity contribution in [2.45, 2.75) is 13.0 Å². The Kier molecular flexibility index (Phi) is 7.28. The molecule has 116 valence electrons. The van der Waals surface area contributed by atoms with Crippen LogP contribution in [0.25, 0.3) is 0 Å². The van der Waals surface area contributed by atoms with Crippen molar-refractivity contribution in [3.05, 3.63) is 35.4 Å². The van der Waals surface area contributed by atoms with Crippen LogP contribution in [-0.2, 0) is 9.47 Å². The number of carbonyl (C=O) groups is 1. The molecule has 0 aliphatic carbocycles. The van der Waals surface area contributed by atoms with Crippen molar-refractivity contribution in [2.75, 3.05) is 34.0 Å². The number of methoxy groups -OCH3 is 2. The van der Waals surface area contributed by atoms with Crippen LogP contribution in [0.4, 0.5) is 0 Å². The Morgan fingerprint density at radius 3 is 2.29 bits per heavy atom. The summed E-state index contributed by atoms with van der Waals surface area (Å²) < 4.78 is 10.2. The van der Waals surface area contributed by atoms with E-state index in [0.717, 1.165) is 5.56 Å². The molecular formula is C15H22N2O3S. The third-order valence-electron chi connectivity index (χ3n) is 3.15. The molecule has 0 aromatic heterocycles. The van der Waals surface area contributed by atoms with E-state index in [2.05, 4.69) is 0 Å². The fourth-order valence-corrected chi connectivity index (χ4v) is 2.12. The van der Waals surface area contributed by atoms with E-state index >= 15 is 0 Å². The van der Waals surface area contributed by atoms with E-state index in [1.165, 1.54) is 0 Å². The minimum Gasteiger partial charge on any atom is -0.389 e. The van der Waals surface area contributed by atoms with Crippen LogP contribution in [0.15, 0.2) is 24.3 Å². The third-order valence-corrected chi connectivity index (χ3v) is 3.39. The van der Waals surface area contributed by atoms with E-state index in [-0.39, 0.29) is 11.9 Å². The average Bonchev–Trinajstić information content (AvgIpc) is 2.47. The number of hydrogen-bond acceptors (Lipinski definition) is 4. The molecule has 1 unspecified atom stereocenters. The first-order valence-corrected chi connectivity index (χ1v) is 7.10. The molecule has 0 fully saturated rings. The van der Waals surface area contributed by atoms with Crippen molar-refractivity contribution >= 4 is 23.1 Å². The Balaban J connectivity index is 2.90. The molecular weight excluding hydrogens is 288 g/mol. The maximum absolute atomic E-state index is 12.6. The highest BCUT2D eigenvalue weighted by atomic mass is 32.1. The zero-order valence-corrected chi connectivity index (χ0v) is 13.5. The molecule has 1 atom stereocenters. The Labute approximate surface area is 131 Å². The van der Waals surface area contributed by atoms with Crippen LogP contribution in [0, 0.1) is 0 Å². The molecule has 0 saturated heterocycles. The molecule has 2 N–H and O–H groups in total. The lowest BCUT2D eigenvalue weighted by molar-refractivity contribution is 0.0479. The molecule has 0 aliphatic rings. The van der Waals surface area contributed by atoms with Crippen molar-refractivity contribution in [1.82, 2.24) is 4.90 Å². The highest BCUT2D eigenvalue weighted by Gasteiger charge is 2.21. The van der Waals surface area contributed by atoms with Gasteiger partial charge in [0.25, 0.3) is 5.91 Å². The Hall–Kier alpha value is -1.50. The van der Waals surface area contributed by atoms with Crippen LogP contribution < -0.4 is 5.73 Å². The molecule has 1 rings (SSSR count). The molecule has 21 heavy (non-hydrogen) atoms. The summed E-state index contributed by atoms with van der Waals surface area (Å²) in [7, 11) is 3.23. The SMILES string of the molecule is COCCN(C(=O)c1ccc(C(N)=S)cc1)C(C)COC. The second-order valence-corrected chi connectivity index (χ2v) is 5.18. The third kappa shape index (κ3) is 5.08. The van der Waals surface area contributed by atoms with Crippen LogP contribution in [0.1, 0.15) is 22.8 Å².